The highest BCUT2D eigenvalue weighted by Crippen LogP contribution is 2.49. The number of carbonyl (C=O) groups is 1. The Kier molecular flexibility index (Phi) is 3.55. The quantitative estimate of drug-likeness (QED) is 0.922. The fourth-order valence-corrected chi connectivity index (χ4v) is 5.66. The minimum absolute atomic E-state index is 0.113. The molecular formula is C16H22N2OS2. The van der Waals surface area contributed by atoms with E-state index in [1.54, 1.807) is 11.3 Å². The van der Waals surface area contributed by atoms with Crippen LogP contribution in [-0.4, -0.2) is 33.4 Å². The summed E-state index contributed by atoms with van der Waals surface area (Å²) < 4.78 is 0. The summed E-state index contributed by atoms with van der Waals surface area (Å²) in [6, 6.07) is 2.59. The molecule has 3 atom stereocenters. The summed E-state index contributed by atoms with van der Waals surface area (Å²) in [5, 5.41) is 8.69. The maximum absolute atomic E-state index is 12.9. The number of thiophene rings is 1. The van der Waals surface area contributed by atoms with Crippen molar-refractivity contribution in [2.24, 2.45) is 0 Å². The van der Waals surface area contributed by atoms with Crippen LogP contribution in [-0.2, 0) is 4.79 Å². The van der Waals surface area contributed by atoms with Gasteiger partial charge in [-0.25, -0.2) is 0 Å². The molecule has 1 amide bonds. The summed E-state index contributed by atoms with van der Waals surface area (Å²) in [6.45, 7) is 2.23. The smallest absolute Gasteiger partial charge is 0.244 e. The molecule has 114 valence electrons. The highest BCUT2D eigenvalue weighted by molar-refractivity contribution is 7.99. The van der Waals surface area contributed by atoms with E-state index in [2.05, 4.69) is 45.7 Å². The molecule has 5 heteroatoms. The van der Waals surface area contributed by atoms with Crippen LogP contribution in [0.2, 0.25) is 0 Å². The molecule has 3 fully saturated rings. The fourth-order valence-electron chi connectivity index (χ4n) is 3.85. The third-order valence-corrected chi connectivity index (χ3v) is 7.03. The standard InChI is InChI=1S/C16H22N2OS2/c1-2-21-13-4-3-12(9-13)18-14(11-5-8-20-10-11)17-16(6-7-16)15(18)19/h5,8,10,12-14,17H,2-4,6-7,9H2,1H3. The van der Waals surface area contributed by atoms with Gasteiger partial charge in [-0.15, -0.1) is 0 Å². The van der Waals surface area contributed by atoms with Gasteiger partial charge < -0.3 is 4.90 Å². The fraction of sp³-hybridized carbons (Fsp3) is 0.688. The molecule has 0 aromatic carbocycles. The van der Waals surface area contributed by atoms with E-state index in [-0.39, 0.29) is 11.7 Å². The van der Waals surface area contributed by atoms with E-state index in [0.717, 1.165) is 18.1 Å². The zero-order chi connectivity index (χ0) is 14.4. The van der Waals surface area contributed by atoms with E-state index in [4.69, 9.17) is 0 Å². The lowest BCUT2D eigenvalue weighted by molar-refractivity contribution is -0.133. The molecule has 2 aliphatic carbocycles. The maximum atomic E-state index is 12.9. The molecule has 1 spiro atoms. The minimum Gasteiger partial charge on any atom is -0.318 e. The topological polar surface area (TPSA) is 32.3 Å². The Hall–Kier alpha value is -0.520. The summed E-state index contributed by atoms with van der Waals surface area (Å²) in [4.78, 5) is 15.1. The van der Waals surface area contributed by atoms with Gasteiger partial charge in [0.25, 0.3) is 0 Å². The van der Waals surface area contributed by atoms with Crippen LogP contribution in [0.3, 0.4) is 0 Å². The first-order valence-electron chi connectivity index (χ1n) is 7.98. The van der Waals surface area contributed by atoms with Gasteiger partial charge in [0, 0.05) is 11.3 Å². The normalized spacial score (nSPS) is 34.0. The lowest BCUT2D eigenvalue weighted by Crippen LogP contribution is -2.39. The molecule has 0 bridgehead atoms. The summed E-state index contributed by atoms with van der Waals surface area (Å²) in [5.74, 6) is 1.55. The van der Waals surface area contributed by atoms with Gasteiger partial charge in [0.2, 0.25) is 5.91 Å². The number of hydrogen-bond donors (Lipinski definition) is 1. The molecule has 3 nitrogen and oxygen atoms in total. The highest BCUT2D eigenvalue weighted by atomic mass is 32.2. The molecule has 3 unspecified atom stereocenters. The molecule has 3 aliphatic rings. The van der Waals surface area contributed by atoms with E-state index >= 15 is 0 Å². The van der Waals surface area contributed by atoms with Gasteiger partial charge in [0.1, 0.15) is 11.7 Å². The first kappa shape index (κ1) is 14.1. The molecule has 1 aromatic rings. The Balaban J connectivity index is 1.57. The Labute approximate surface area is 134 Å². The summed E-state index contributed by atoms with van der Waals surface area (Å²) in [6.07, 6.45) is 5.74. The molecular weight excluding hydrogens is 300 g/mol. The van der Waals surface area contributed by atoms with Crippen molar-refractivity contribution >= 4 is 29.0 Å². The van der Waals surface area contributed by atoms with Crippen LogP contribution in [0.1, 0.15) is 50.8 Å². The average Bonchev–Trinajstić information content (AvgIpc) is 2.85. The van der Waals surface area contributed by atoms with Crippen LogP contribution >= 0.6 is 23.1 Å². The van der Waals surface area contributed by atoms with Gasteiger partial charge in [-0.05, 0) is 60.2 Å². The first-order chi connectivity index (χ1) is 10.2. The van der Waals surface area contributed by atoms with Crippen molar-refractivity contribution in [1.82, 2.24) is 10.2 Å². The Bertz CT molecular complexity index is 526. The van der Waals surface area contributed by atoms with Crippen molar-refractivity contribution in [2.45, 2.75) is 62.0 Å². The van der Waals surface area contributed by atoms with Crippen LogP contribution in [0.4, 0.5) is 0 Å². The number of thioether (sulfide) groups is 1. The molecule has 1 aliphatic heterocycles. The van der Waals surface area contributed by atoms with E-state index in [1.165, 1.54) is 30.6 Å². The molecule has 1 aromatic heterocycles. The monoisotopic (exact) mass is 322 g/mol. The number of rotatable bonds is 4. The van der Waals surface area contributed by atoms with Crippen molar-refractivity contribution in [3.8, 4) is 0 Å². The van der Waals surface area contributed by atoms with Crippen molar-refractivity contribution in [3.63, 3.8) is 0 Å². The van der Waals surface area contributed by atoms with Crippen LogP contribution in [0, 0.1) is 0 Å². The van der Waals surface area contributed by atoms with Gasteiger partial charge in [0.05, 0.1) is 0 Å². The zero-order valence-electron chi connectivity index (χ0n) is 12.4. The van der Waals surface area contributed by atoms with Crippen LogP contribution in [0.25, 0.3) is 0 Å². The molecule has 0 radical (unpaired) electrons. The predicted octanol–water partition coefficient (Wildman–Crippen LogP) is 3.39. The van der Waals surface area contributed by atoms with Crippen LogP contribution in [0.5, 0.6) is 0 Å². The van der Waals surface area contributed by atoms with E-state index in [0.29, 0.717) is 11.9 Å². The summed E-state index contributed by atoms with van der Waals surface area (Å²) in [7, 11) is 0. The highest BCUT2D eigenvalue weighted by Gasteiger charge is 2.60. The maximum Gasteiger partial charge on any atom is 0.244 e. The molecule has 2 saturated carbocycles. The third-order valence-electron chi connectivity index (χ3n) is 5.10. The van der Waals surface area contributed by atoms with E-state index < -0.39 is 0 Å². The number of amides is 1. The molecule has 21 heavy (non-hydrogen) atoms. The van der Waals surface area contributed by atoms with Crippen molar-refractivity contribution < 1.29 is 4.79 Å². The van der Waals surface area contributed by atoms with Gasteiger partial charge in [-0.3, -0.25) is 10.1 Å². The van der Waals surface area contributed by atoms with E-state index in [1.807, 2.05) is 0 Å². The first-order valence-corrected chi connectivity index (χ1v) is 9.97. The van der Waals surface area contributed by atoms with Gasteiger partial charge in [-0.1, -0.05) is 6.92 Å². The summed E-state index contributed by atoms with van der Waals surface area (Å²) >= 11 is 3.78. The van der Waals surface area contributed by atoms with Crippen molar-refractivity contribution in [2.75, 3.05) is 5.75 Å². The van der Waals surface area contributed by atoms with Gasteiger partial charge >= 0.3 is 0 Å². The largest absolute Gasteiger partial charge is 0.318 e. The predicted molar refractivity (Wildman–Crippen MR) is 88.6 cm³/mol. The van der Waals surface area contributed by atoms with Crippen molar-refractivity contribution in [1.29, 1.82) is 0 Å². The molecule has 1 saturated heterocycles. The van der Waals surface area contributed by atoms with Crippen LogP contribution in [0.15, 0.2) is 16.8 Å². The lowest BCUT2D eigenvalue weighted by atomic mass is 10.1. The molecule has 4 rings (SSSR count). The van der Waals surface area contributed by atoms with Crippen molar-refractivity contribution in [3.05, 3.63) is 22.4 Å². The molecule has 1 N–H and O–H groups in total. The average molecular weight is 322 g/mol. The second kappa shape index (κ2) is 5.28. The number of nitrogens with zero attached hydrogens (tertiary/aromatic N) is 1. The van der Waals surface area contributed by atoms with Gasteiger partial charge in [0.15, 0.2) is 0 Å². The Morgan fingerprint density at radius 2 is 2.33 bits per heavy atom. The van der Waals surface area contributed by atoms with Crippen LogP contribution < -0.4 is 5.32 Å². The molecule has 2 heterocycles. The Morgan fingerprint density at radius 1 is 1.48 bits per heavy atom. The minimum atomic E-state index is -0.206. The second-order valence-corrected chi connectivity index (χ2v) is 8.80. The lowest BCUT2D eigenvalue weighted by Gasteiger charge is -2.30. The number of nitrogens with one attached hydrogen (secondary N) is 1. The number of carbonyl (C=O) groups excluding carboxylic acids is 1. The zero-order valence-corrected chi connectivity index (χ0v) is 14.0. The van der Waals surface area contributed by atoms with E-state index in [9.17, 15) is 4.79 Å². The Morgan fingerprint density at radius 3 is 3.00 bits per heavy atom. The summed E-state index contributed by atoms with van der Waals surface area (Å²) in [5.41, 5.74) is 1.06. The second-order valence-electron chi connectivity index (χ2n) is 6.44. The van der Waals surface area contributed by atoms with Gasteiger partial charge in [-0.2, -0.15) is 23.1 Å². The third kappa shape index (κ3) is 2.34. The SMILES string of the molecule is CCSC1CCC(N2C(=O)C3(CC3)NC2c2ccsc2)C1. The number of hydrogen-bond acceptors (Lipinski definition) is 4.